The van der Waals surface area contributed by atoms with Gasteiger partial charge in [-0.1, -0.05) is 13.5 Å². The van der Waals surface area contributed by atoms with Crippen LogP contribution in [0.3, 0.4) is 0 Å². The largest absolute Gasteiger partial charge is 0.462 e. The lowest BCUT2D eigenvalue weighted by Crippen LogP contribution is -2.51. The average molecular weight is 495 g/mol. The van der Waals surface area contributed by atoms with Gasteiger partial charge >= 0.3 is 18.2 Å². The van der Waals surface area contributed by atoms with Gasteiger partial charge in [-0.25, -0.2) is 14.4 Å². The van der Waals surface area contributed by atoms with Crippen LogP contribution in [-0.2, 0) is 23.7 Å². The summed E-state index contributed by atoms with van der Waals surface area (Å²) in [6.45, 7) is 11.3. The minimum absolute atomic E-state index is 0.0655. The van der Waals surface area contributed by atoms with Crippen LogP contribution in [0.4, 0.5) is 9.59 Å². The van der Waals surface area contributed by atoms with E-state index in [2.05, 4.69) is 25.7 Å². The van der Waals surface area contributed by atoms with Gasteiger partial charge in [0, 0.05) is 31.3 Å². The van der Waals surface area contributed by atoms with Crippen molar-refractivity contribution in [3.63, 3.8) is 0 Å². The first-order chi connectivity index (χ1) is 16.6. The second-order valence-corrected chi connectivity index (χ2v) is 11.3. The van der Waals surface area contributed by atoms with Crippen LogP contribution in [0.2, 0.25) is 0 Å². The number of alkyl carbamates (subject to hydrolysis) is 1. The van der Waals surface area contributed by atoms with Crippen molar-refractivity contribution in [1.82, 2.24) is 10.2 Å². The molecule has 2 amide bonds. The van der Waals surface area contributed by atoms with Gasteiger partial charge in [0.2, 0.25) is 0 Å². The normalized spacial score (nSPS) is 32.9. The third-order valence-corrected chi connectivity index (χ3v) is 7.71. The van der Waals surface area contributed by atoms with Crippen LogP contribution in [0, 0.1) is 17.3 Å². The molecule has 2 aliphatic carbocycles. The minimum Gasteiger partial charge on any atom is -0.462 e. The minimum atomic E-state index is -0.447. The highest BCUT2D eigenvalue weighted by Crippen LogP contribution is 2.51. The highest BCUT2D eigenvalue weighted by molar-refractivity contribution is 5.81. The number of hydrogen-bond acceptors (Lipinski definition) is 7. The molecule has 0 aromatic heterocycles. The third kappa shape index (κ3) is 7.35. The summed E-state index contributed by atoms with van der Waals surface area (Å²) >= 11 is 0. The molecule has 1 aliphatic heterocycles. The van der Waals surface area contributed by atoms with E-state index in [0.717, 1.165) is 38.5 Å². The smallest absolute Gasteiger partial charge is 0.410 e. The van der Waals surface area contributed by atoms with Crippen LogP contribution in [0.25, 0.3) is 0 Å². The van der Waals surface area contributed by atoms with Gasteiger partial charge < -0.3 is 29.2 Å². The SMILES string of the molecule is C=CC(=O)OCC1CCC(COC(=O)N2CC3(C)CC(NC(=O)OC(C)COC)CC2(C)C3)CC1. The molecule has 2 saturated carbocycles. The van der Waals surface area contributed by atoms with Crippen LogP contribution in [0.1, 0.15) is 65.7 Å². The van der Waals surface area contributed by atoms with E-state index in [-0.39, 0.29) is 35.2 Å². The second-order valence-electron chi connectivity index (χ2n) is 11.3. The van der Waals surface area contributed by atoms with Gasteiger partial charge in [0.1, 0.15) is 6.10 Å². The number of esters is 1. The lowest BCUT2D eigenvalue weighted by atomic mass is 9.70. The Morgan fingerprint density at radius 1 is 1.09 bits per heavy atom. The molecule has 3 aliphatic rings. The van der Waals surface area contributed by atoms with Gasteiger partial charge in [-0.05, 0) is 76.0 Å². The fraction of sp³-hybridized carbons (Fsp3) is 0.808. The number of nitrogens with zero attached hydrogens (tertiary/aromatic N) is 1. The Hall–Kier alpha value is -2.29. The summed E-state index contributed by atoms with van der Waals surface area (Å²) in [7, 11) is 1.57. The van der Waals surface area contributed by atoms with Crippen LogP contribution < -0.4 is 5.32 Å². The second kappa shape index (κ2) is 11.6. The number of hydrogen-bond donors (Lipinski definition) is 1. The molecule has 0 radical (unpaired) electrons. The first-order valence-corrected chi connectivity index (χ1v) is 12.8. The zero-order valence-corrected chi connectivity index (χ0v) is 21.7. The van der Waals surface area contributed by atoms with E-state index in [0.29, 0.717) is 44.6 Å². The Balaban J connectivity index is 1.46. The summed E-state index contributed by atoms with van der Waals surface area (Å²) in [5.41, 5.74) is -0.449. The molecule has 198 valence electrons. The zero-order chi connectivity index (χ0) is 25.6. The Bertz CT molecular complexity index is 782. The van der Waals surface area contributed by atoms with E-state index in [1.54, 1.807) is 14.0 Å². The monoisotopic (exact) mass is 494 g/mol. The first-order valence-electron chi connectivity index (χ1n) is 12.8. The van der Waals surface area contributed by atoms with Crippen molar-refractivity contribution in [2.75, 3.05) is 33.5 Å². The molecular weight excluding hydrogens is 452 g/mol. The lowest BCUT2D eigenvalue weighted by Gasteiger charge is -2.41. The molecule has 35 heavy (non-hydrogen) atoms. The molecule has 3 rings (SSSR count). The molecule has 0 aromatic carbocycles. The molecule has 1 saturated heterocycles. The summed E-state index contributed by atoms with van der Waals surface area (Å²) in [4.78, 5) is 38.6. The fourth-order valence-electron chi connectivity index (χ4n) is 6.29. The Labute approximate surface area is 208 Å². The van der Waals surface area contributed by atoms with Crippen molar-refractivity contribution in [3.05, 3.63) is 12.7 Å². The van der Waals surface area contributed by atoms with Crippen molar-refractivity contribution in [3.8, 4) is 0 Å². The van der Waals surface area contributed by atoms with E-state index in [9.17, 15) is 14.4 Å². The highest BCUT2D eigenvalue weighted by atomic mass is 16.6. The maximum absolute atomic E-state index is 13.1. The van der Waals surface area contributed by atoms with Gasteiger partial charge in [0.15, 0.2) is 0 Å². The summed E-state index contributed by atoms with van der Waals surface area (Å²) < 4.78 is 21.3. The summed E-state index contributed by atoms with van der Waals surface area (Å²) in [6, 6.07) is -0.0655. The van der Waals surface area contributed by atoms with Crippen molar-refractivity contribution in [1.29, 1.82) is 0 Å². The molecule has 2 bridgehead atoms. The molecular formula is C26H42N2O7. The maximum Gasteiger partial charge on any atom is 0.410 e. The lowest BCUT2D eigenvalue weighted by molar-refractivity contribution is -0.139. The van der Waals surface area contributed by atoms with Crippen molar-refractivity contribution in [2.24, 2.45) is 17.3 Å². The molecule has 0 spiro atoms. The van der Waals surface area contributed by atoms with Gasteiger partial charge in [0.25, 0.3) is 0 Å². The van der Waals surface area contributed by atoms with Gasteiger partial charge in [-0.15, -0.1) is 0 Å². The third-order valence-electron chi connectivity index (χ3n) is 7.71. The fourth-order valence-corrected chi connectivity index (χ4v) is 6.29. The quantitative estimate of drug-likeness (QED) is 0.293. The zero-order valence-electron chi connectivity index (χ0n) is 21.7. The number of likely N-dealkylation sites (tertiary alicyclic amines) is 1. The molecule has 1 heterocycles. The predicted molar refractivity (Wildman–Crippen MR) is 130 cm³/mol. The number of methoxy groups -OCH3 is 1. The van der Waals surface area contributed by atoms with Crippen LogP contribution in [0.5, 0.6) is 0 Å². The van der Waals surface area contributed by atoms with Gasteiger partial charge in [-0.3, -0.25) is 0 Å². The molecule has 4 unspecified atom stereocenters. The number of fused-ring (bicyclic) bond motifs is 2. The summed E-state index contributed by atoms with van der Waals surface area (Å²) in [6.07, 6.45) is 6.31. The van der Waals surface area contributed by atoms with E-state index < -0.39 is 6.09 Å². The summed E-state index contributed by atoms with van der Waals surface area (Å²) in [5, 5.41) is 3.00. The van der Waals surface area contributed by atoms with Crippen molar-refractivity contribution < 1.29 is 33.3 Å². The molecule has 3 fully saturated rings. The van der Waals surface area contributed by atoms with E-state index >= 15 is 0 Å². The number of carbonyl (C=O) groups is 3. The van der Waals surface area contributed by atoms with Crippen molar-refractivity contribution in [2.45, 2.75) is 83.4 Å². The van der Waals surface area contributed by atoms with Crippen LogP contribution in [-0.4, -0.2) is 74.2 Å². The number of amides is 2. The molecule has 9 nitrogen and oxygen atoms in total. The molecule has 9 heteroatoms. The van der Waals surface area contributed by atoms with Crippen molar-refractivity contribution >= 4 is 18.2 Å². The molecule has 0 aromatic rings. The van der Waals surface area contributed by atoms with Gasteiger partial charge in [0.05, 0.1) is 19.8 Å². The molecule has 1 N–H and O–H groups in total. The maximum atomic E-state index is 13.1. The van der Waals surface area contributed by atoms with E-state index in [1.807, 2.05) is 4.90 Å². The van der Waals surface area contributed by atoms with E-state index in [1.165, 1.54) is 6.08 Å². The number of carbonyl (C=O) groups excluding carboxylic acids is 3. The number of rotatable bonds is 9. The highest BCUT2D eigenvalue weighted by Gasteiger charge is 2.56. The van der Waals surface area contributed by atoms with Gasteiger partial charge in [-0.2, -0.15) is 0 Å². The Morgan fingerprint density at radius 2 is 1.71 bits per heavy atom. The number of ether oxygens (including phenoxy) is 4. The molecule has 4 atom stereocenters. The van der Waals surface area contributed by atoms with Crippen LogP contribution in [0.15, 0.2) is 12.7 Å². The summed E-state index contributed by atoms with van der Waals surface area (Å²) in [5.74, 6) is 0.305. The topological polar surface area (TPSA) is 103 Å². The average Bonchev–Trinajstić information content (AvgIpc) is 2.99. The Kier molecular flexibility index (Phi) is 9.07. The van der Waals surface area contributed by atoms with Crippen LogP contribution >= 0.6 is 0 Å². The predicted octanol–water partition coefficient (Wildman–Crippen LogP) is 4.05. The number of nitrogens with one attached hydrogen (secondary N) is 1. The van der Waals surface area contributed by atoms with E-state index in [4.69, 9.17) is 18.9 Å². The Morgan fingerprint density at radius 3 is 2.31 bits per heavy atom. The standard InChI is InChI=1S/C26H42N2O7/c1-6-22(29)33-14-19-7-9-20(10-8-19)15-34-24(31)28-17-25(3)11-21(12-26(28,4)16-25)27-23(30)35-18(2)13-32-5/h6,18-21H,1,7-17H2,2-5H3,(H,27,30). The first kappa shape index (κ1) is 27.3.